The van der Waals surface area contributed by atoms with Gasteiger partial charge in [-0.1, -0.05) is 0 Å². The van der Waals surface area contributed by atoms with E-state index in [1.165, 1.54) is 10.9 Å². The molecule has 3 aromatic rings. The molecule has 7 nitrogen and oxygen atoms in total. The van der Waals surface area contributed by atoms with Crippen LogP contribution in [0.1, 0.15) is 15.2 Å². The maximum absolute atomic E-state index is 12.6. The number of aryl methyl sites for hydroxylation is 1. The number of hydrogen-bond donors (Lipinski definition) is 1. The van der Waals surface area contributed by atoms with E-state index in [0.29, 0.717) is 28.1 Å². The second-order valence-electron chi connectivity index (χ2n) is 5.31. The van der Waals surface area contributed by atoms with E-state index >= 15 is 0 Å². The Kier molecular flexibility index (Phi) is 4.71. The molecular weight excluding hydrogens is 344 g/mol. The molecule has 0 atom stereocenters. The molecule has 0 amide bonds. The molecule has 0 saturated carbocycles. The zero-order valence-corrected chi connectivity index (χ0v) is 14.5. The maximum Gasteiger partial charge on any atom is 0.346 e. The normalized spacial score (nSPS) is 10.8. The zero-order valence-electron chi connectivity index (χ0n) is 13.7. The Bertz CT molecular complexity index is 975. The van der Waals surface area contributed by atoms with Crippen molar-refractivity contribution in [2.75, 3.05) is 13.7 Å². The number of benzene rings is 1. The fourth-order valence-electron chi connectivity index (χ4n) is 2.46. The van der Waals surface area contributed by atoms with Crippen molar-refractivity contribution < 1.29 is 19.4 Å². The van der Waals surface area contributed by atoms with Crippen molar-refractivity contribution in [3.05, 3.63) is 51.4 Å². The zero-order chi connectivity index (χ0) is 18.0. The van der Waals surface area contributed by atoms with Crippen molar-refractivity contribution in [1.82, 2.24) is 9.55 Å². The summed E-state index contributed by atoms with van der Waals surface area (Å²) in [5, 5.41) is 9.53. The molecule has 0 aliphatic carbocycles. The van der Waals surface area contributed by atoms with Crippen molar-refractivity contribution in [2.24, 2.45) is 0 Å². The topological polar surface area (TPSA) is 90.7 Å². The van der Waals surface area contributed by atoms with Crippen molar-refractivity contribution >= 4 is 27.5 Å². The Morgan fingerprint density at radius 1 is 1.28 bits per heavy atom. The van der Waals surface area contributed by atoms with Crippen LogP contribution in [0.25, 0.3) is 10.2 Å². The lowest BCUT2D eigenvalue weighted by Crippen LogP contribution is -2.23. The van der Waals surface area contributed by atoms with Gasteiger partial charge in [0.15, 0.2) is 0 Å². The highest BCUT2D eigenvalue weighted by atomic mass is 32.1. The van der Waals surface area contributed by atoms with Crippen LogP contribution in [0.15, 0.2) is 35.4 Å². The van der Waals surface area contributed by atoms with Crippen molar-refractivity contribution in [3.8, 4) is 11.5 Å². The molecule has 8 heteroatoms. The molecule has 3 rings (SSSR count). The number of fused-ring (bicyclic) bond motifs is 1. The van der Waals surface area contributed by atoms with Gasteiger partial charge in [0.1, 0.15) is 27.8 Å². The maximum atomic E-state index is 12.6. The van der Waals surface area contributed by atoms with E-state index in [1.54, 1.807) is 38.3 Å². The Balaban J connectivity index is 1.77. The van der Waals surface area contributed by atoms with Gasteiger partial charge in [-0.05, 0) is 36.8 Å². The van der Waals surface area contributed by atoms with Crippen LogP contribution in [0.3, 0.4) is 0 Å². The molecule has 0 unspecified atom stereocenters. The lowest BCUT2D eigenvalue weighted by atomic mass is 10.2. The number of carbonyl (C=O) groups is 1. The van der Waals surface area contributed by atoms with E-state index < -0.39 is 5.97 Å². The quantitative estimate of drug-likeness (QED) is 0.726. The van der Waals surface area contributed by atoms with Crippen LogP contribution in [-0.4, -0.2) is 34.3 Å². The molecule has 25 heavy (non-hydrogen) atoms. The molecule has 130 valence electrons. The van der Waals surface area contributed by atoms with Gasteiger partial charge in [-0.3, -0.25) is 9.36 Å². The van der Waals surface area contributed by atoms with Gasteiger partial charge in [0, 0.05) is 0 Å². The predicted octanol–water partition coefficient (Wildman–Crippen LogP) is 2.55. The number of ether oxygens (including phenoxy) is 2. The van der Waals surface area contributed by atoms with Crippen molar-refractivity contribution in [1.29, 1.82) is 0 Å². The number of carboxylic acid groups (broad SMARTS) is 1. The Morgan fingerprint density at radius 2 is 1.96 bits per heavy atom. The average Bonchev–Trinajstić information content (AvgIpc) is 2.95. The molecule has 1 N–H and O–H groups in total. The highest BCUT2D eigenvalue weighted by Crippen LogP contribution is 2.26. The number of carboxylic acids is 1. The standard InChI is InChI=1S/C17H16N2O5S/c1-10-13-15(25-14(10)17(21)22)18-9-19(16(13)20)7-8-24-12-5-3-11(23-2)4-6-12/h3-6,9H,7-8H2,1-2H3,(H,21,22). The highest BCUT2D eigenvalue weighted by Gasteiger charge is 2.18. The van der Waals surface area contributed by atoms with Gasteiger partial charge < -0.3 is 14.6 Å². The molecule has 2 aromatic heterocycles. The lowest BCUT2D eigenvalue weighted by Gasteiger charge is -2.08. The first-order valence-corrected chi connectivity index (χ1v) is 8.31. The summed E-state index contributed by atoms with van der Waals surface area (Å²) < 4.78 is 12.1. The average molecular weight is 360 g/mol. The van der Waals surface area contributed by atoms with Crippen LogP contribution in [0.2, 0.25) is 0 Å². The minimum absolute atomic E-state index is 0.145. The number of nitrogens with zero attached hydrogens (tertiary/aromatic N) is 2. The number of aromatic nitrogens is 2. The van der Waals surface area contributed by atoms with E-state index in [9.17, 15) is 14.7 Å². The van der Waals surface area contributed by atoms with Gasteiger partial charge in [-0.25, -0.2) is 9.78 Å². The highest BCUT2D eigenvalue weighted by molar-refractivity contribution is 7.20. The smallest absolute Gasteiger partial charge is 0.346 e. The summed E-state index contributed by atoms with van der Waals surface area (Å²) in [5.74, 6) is 0.359. The van der Waals surface area contributed by atoms with E-state index in [1.807, 2.05) is 0 Å². The van der Waals surface area contributed by atoms with Crippen LogP contribution in [-0.2, 0) is 6.54 Å². The molecule has 0 aliphatic rings. The molecule has 0 bridgehead atoms. The molecule has 2 heterocycles. The summed E-state index contributed by atoms with van der Waals surface area (Å²) in [6.07, 6.45) is 1.42. The molecule has 0 saturated heterocycles. The monoisotopic (exact) mass is 360 g/mol. The van der Waals surface area contributed by atoms with E-state index in [4.69, 9.17) is 9.47 Å². The van der Waals surface area contributed by atoms with Gasteiger partial charge in [0.2, 0.25) is 0 Å². The van der Waals surface area contributed by atoms with Gasteiger partial charge in [-0.2, -0.15) is 0 Å². The third-order valence-electron chi connectivity index (χ3n) is 3.77. The van der Waals surface area contributed by atoms with Gasteiger partial charge in [0.05, 0.1) is 25.4 Å². The van der Waals surface area contributed by atoms with Gasteiger partial charge in [0.25, 0.3) is 5.56 Å². The number of thiophene rings is 1. The summed E-state index contributed by atoms with van der Waals surface area (Å²) in [6, 6.07) is 7.14. The summed E-state index contributed by atoms with van der Waals surface area (Å²) >= 11 is 1.01. The SMILES string of the molecule is COc1ccc(OCCn2cnc3sc(C(=O)O)c(C)c3c2=O)cc1. The Morgan fingerprint density at radius 3 is 2.60 bits per heavy atom. The van der Waals surface area contributed by atoms with E-state index in [0.717, 1.165) is 17.1 Å². The van der Waals surface area contributed by atoms with Crippen LogP contribution in [0, 0.1) is 6.92 Å². The van der Waals surface area contributed by atoms with Crippen LogP contribution >= 0.6 is 11.3 Å². The molecule has 0 radical (unpaired) electrons. The third kappa shape index (κ3) is 3.34. The number of aromatic carboxylic acids is 1. The number of hydrogen-bond acceptors (Lipinski definition) is 6. The molecule has 1 aromatic carbocycles. The van der Waals surface area contributed by atoms with Crippen LogP contribution in [0.4, 0.5) is 0 Å². The molecular formula is C17H16N2O5S. The molecule has 0 spiro atoms. The molecule has 0 fully saturated rings. The second-order valence-corrected chi connectivity index (χ2v) is 6.31. The summed E-state index contributed by atoms with van der Waals surface area (Å²) in [6.45, 7) is 2.23. The number of rotatable bonds is 6. The fourth-order valence-corrected chi connectivity index (χ4v) is 3.43. The first-order chi connectivity index (χ1) is 12.0. The summed E-state index contributed by atoms with van der Waals surface area (Å²) in [5.41, 5.74) is 0.194. The number of methoxy groups -OCH3 is 1. The first-order valence-electron chi connectivity index (χ1n) is 7.50. The van der Waals surface area contributed by atoms with Gasteiger partial charge in [-0.15, -0.1) is 11.3 Å². The van der Waals surface area contributed by atoms with Crippen LogP contribution in [0.5, 0.6) is 11.5 Å². The van der Waals surface area contributed by atoms with Crippen molar-refractivity contribution in [2.45, 2.75) is 13.5 Å². The lowest BCUT2D eigenvalue weighted by molar-refractivity contribution is 0.0701. The van der Waals surface area contributed by atoms with E-state index in [2.05, 4.69) is 4.98 Å². The third-order valence-corrected chi connectivity index (χ3v) is 4.96. The predicted molar refractivity (Wildman–Crippen MR) is 94.1 cm³/mol. The van der Waals surface area contributed by atoms with Gasteiger partial charge >= 0.3 is 5.97 Å². The first kappa shape index (κ1) is 17.0. The van der Waals surface area contributed by atoms with E-state index in [-0.39, 0.29) is 17.0 Å². The summed E-state index contributed by atoms with van der Waals surface area (Å²) in [4.78, 5) is 28.6. The summed E-state index contributed by atoms with van der Waals surface area (Å²) in [7, 11) is 1.59. The molecule has 0 aliphatic heterocycles. The Labute approximate surface area is 147 Å². The minimum Gasteiger partial charge on any atom is -0.497 e. The Hall–Kier alpha value is -2.87. The van der Waals surface area contributed by atoms with Crippen molar-refractivity contribution in [3.63, 3.8) is 0 Å². The fraction of sp³-hybridized carbons (Fsp3) is 0.235. The second kappa shape index (κ2) is 6.94. The minimum atomic E-state index is -1.05. The largest absolute Gasteiger partial charge is 0.497 e. The van der Waals surface area contributed by atoms with Crippen LogP contribution < -0.4 is 15.0 Å².